The van der Waals surface area contributed by atoms with Crippen molar-refractivity contribution in [2.45, 2.75) is 51.2 Å². The summed E-state index contributed by atoms with van der Waals surface area (Å²) in [5, 5.41) is 16.0. The van der Waals surface area contributed by atoms with Gasteiger partial charge in [0, 0.05) is 18.3 Å². The molecule has 13 nitrogen and oxygen atoms in total. The van der Waals surface area contributed by atoms with Crippen LogP contribution in [0.4, 0.5) is 0 Å². The summed E-state index contributed by atoms with van der Waals surface area (Å²) >= 11 is 0. The zero-order chi connectivity index (χ0) is 23.6. The van der Waals surface area contributed by atoms with Gasteiger partial charge in [0.1, 0.15) is 12.1 Å². The Kier molecular flexibility index (Phi) is 10.1. The molecule has 1 aromatic rings. The van der Waals surface area contributed by atoms with E-state index in [0.29, 0.717) is 12.1 Å². The van der Waals surface area contributed by atoms with Crippen LogP contribution in [0.1, 0.15) is 32.4 Å². The van der Waals surface area contributed by atoms with Crippen LogP contribution in [0, 0.1) is 5.92 Å². The summed E-state index contributed by atoms with van der Waals surface area (Å²) in [6.45, 7) is 3.12. The maximum atomic E-state index is 12.6. The smallest absolute Gasteiger partial charge is 0.326 e. The van der Waals surface area contributed by atoms with Crippen molar-refractivity contribution >= 4 is 29.6 Å². The molecular weight excluding hydrogens is 410 g/mol. The number of carboxylic acid groups (broad SMARTS) is 1. The molecule has 0 spiro atoms. The van der Waals surface area contributed by atoms with Gasteiger partial charge in [-0.05, 0) is 5.92 Å². The third-order valence-electron chi connectivity index (χ3n) is 4.63. The number of carboxylic acids is 1. The molecule has 4 unspecified atom stereocenters. The lowest BCUT2D eigenvalue weighted by atomic mass is 9.99. The lowest BCUT2D eigenvalue weighted by Crippen LogP contribution is -2.55. The molecule has 0 saturated carbocycles. The van der Waals surface area contributed by atoms with E-state index in [4.69, 9.17) is 16.6 Å². The lowest BCUT2D eigenvalue weighted by Gasteiger charge is -2.23. The fraction of sp³-hybridized carbons (Fsp3) is 0.556. The van der Waals surface area contributed by atoms with Gasteiger partial charge in [-0.25, -0.2) is 9.78 Å². The van der Waals surface area contributed by atoms with E-state index >= 15 is 0 Å². The van der Waals surface area contributed by atoms with E-state index in [1.165, 1.54) is 12.5 Å². The van der Waals surface area contributed by atoms with Crippen LogP contribution >= 0.6 is 0 Å². The summed E-state index contributed by atoms with van der Waals surface area (Å²) in [5.41, 5.74) is 11.4. The first-order valence-electron chi connectivity index (χ1n) is 9.66. The minimum atomic E-state index is -1.52. The van der Waals surface area contributed by atoms with Crippen LogP contribution in [-0.2, 0) is 30.4 Å². The molecule has 0 saturated heterocycles. The summed E-state index contributed by atoms with van der Waals surface area (Å²) < 4.78 is 0. The number of carbonyl (C=O) groups is 5. The van der Waals surface area contributed by atoms with Crippen molar-refractivity contribution in [1.82, 2.24) is 25.9 Å². The number of aliphatic carboxylic acids is 1. The Morgan fingerprint density at radius 3 is 2.35 bits per heavy atom. The summed E-state index contributed by atoms with van der Waals surface area (Å²) in [6, 6.07) is -3.40. The molecule has 0 fully saturated rings. The Morgan fingerprint density at radius 2 is 1.84 bits per heavy atom. The number of rotatable bonds is 13. The summed E-state index contributed by atoms with van der Waals surface area (Å²) in [7, 11) is 0. The molecule has 31 heavy (non-hydrogen) atoms. The zero-order valence-corrected chi connectivity index (χ0v) is 17.4. The standard InChI is InChI=1S/C18H29N7O6/c1-3-9(2)15(20)17(29)25-11(4-10-6-21-8-23-10)16(28)22-7-14(27)24-12(18(30)31)5-13(19)26/h6,8-9,11-12,15H,3-5,7,20H2,1-2H3,(H2,19,26)(H,21,23)(H,22,28)(H,24,27)(H,25,29)(H,30,31). The number of hydrogen-bond donors (Lipinski definition) is 7. The number of imidazole rings is 1. The van der Waals surface area contributed by atoms with Crippen LogP contribution in [0.15, 0.2) is 12.5 Å². The number of nitrogens with zero attached hydrogens (tertiary/aromatic N) is 1. The number of amides is 4. The SMILES string of the molecule is CCC(C)C(N)C(=O)NC(Cc1cnc[nH]1)C(=O)NCC(=O)NC(CC(N)=O)C(=O)O. The van der Waals surface area contributed by atoms with Gasteiger partial charge in [-0.15, -0.1) is 0 Å². The molecule has 172 valence electrons. The molecule has 0 bridgehead atoms. The van der Waals surface area contributed by atoms with E-state index in [0.717, 1.165) is 0 Å². The number of aromatic amines is 1. The number of hydrogen-bond acceptors (Lipinski definition) is 7. The van der Waals surface area contributed by atoms with Crippen molar-refractivity contribution < 1.29 is 29.1 Å². The second-order valence-corrected chi connectivity index (χ2v) is 7.10. The normalized spacial score (nSPS) is 14.5. The number of aromatic nitrogens is 2. The van der Waals surface area contributed by atoms with Crippen molar-refractivity contribution in [3.63, 3.8) is 0 Å². The molecule has 0 aliphatic rings. The van der Waals surface area contributed by atoms with Gasteiger partial charge in [-0.1, -0.05) is 20.3 Å². The first-order valence-corrected chi connectivity index (χ1v) is 9.66. The quantitative estimate of drug-likeness (QED) is 0.172. The molecule has 4 atom stereocenters. The monoisotopic (exact) mass is 439 g/mol. The van der Waals surface area contributed by atoms with Gasteiger partial charge in [-0.2, -0.15) is 0 Å². The fourth-order valence-corrected chi connectivity index (χ4v) is 2.54. The van der Waals surface area contributed by atoms with Crippen molar-refractivity contribution in [3.8, 4) is 0 Å². The average Bonchev–Trinajstić information content (AvgIpc) is 3.22. The predicted molar refractivity (Wildman–Crippen MR) is 108 cm³/mol. The maximum Gasteiger partial charge on any atom is 0.326 e. The van der Waals surface area contributed by atoms with Gasteiger partial charge < -0.3 is 37.5 Å². The predicted octanol–water partition coefficient (Wildman–Crippen LogP) is -2.63. The molecule has 1 aromatic heterocycles. The zero-order valence-electron chi connectivity index (χ0n) is 17.4. The van der Waals surface area contributed by atoms with Crippen LogP contribution < -0.4 is 27.4 Å². The van der Waals surface area contributed by atoms with Crippen molar-refractivity contribution in [2.75, 3.05) is 6.54 Å². The maximum absolute atomic E-state index is 12.6. The largest absolute Gasteiger partial charge is 0.480 e. The molecule has 0 aliphatic carbocycles. The summed E-state index contributed by atoms with van der Waals surface area (Å²) in [6.07, 6.45) is 3.03. The molecular formula is C18H29N7O6. The summed E-state index contributed by atoms with van der Waals surface area (Å²) in [5.74, 6) is -4.51. The molecule has 0 aliphatic heterocycles. The van der Waals surface area contributed by atoms with Crippen LogP contribution in [0.2, 0.25) is 0 Å². The van der Waals surface area contributed by atoms with Gasteiger partial charge in [-0.3, -0.25) is 19.2 Å². The van der Waals surface area contributed by atoms with Crippen molar-refractivity contribution in [3.05, 3.63) is 18.2 Å². The first kappa shape index (κ1) is 25.6. The molecule has 4 amide bonds. The number of nitrogens with one attached hydrogen (secondary N) is 4. The average molecular weight is 439 g/mol. The lowest BCUT2D eigenvalue weighted by molar-refractivity contribution is -0.143. The van der Waals surface area contributed by atoms with E-state index in [-0.39, 0.29) is 12.3 Å². The third-order valence-corrected chi connectivity index (χ3v) is 4.63. The van der Waals surface area contributed by atoms with Crippen LogP contribution in [0.3, 0.4) is 0 Å². The minimum Gasteiger partial charge on any atom is -0.480 e. The van der Waals surface area contributed by atoms with E-state index in [1.807, 2.05) is 13.8 Å². The van der Waals surface area contributed by atoms with Crippen LogP contribution in [-0.4, -0.2) is 69.3 Å². The minimum absolute atomic E-state index is 0.0614. The Bertz CT molecular complexity index is 782. The van der Waals surface area contributed by atoms with E-state index < -0.39 is 60.7 Å². The highest BCUT2D eigenvalue weighted by Crippen LogP contribution is 2.07. The van der Waals surface area contributed by atoms with E-state index in [9.17, 15) is 24.0 Å². The van der Waals surface area contributed by atoms with Gasteiger partial charge in [0.15, 0.2) is 0 Å². The van der Waals surface area contributed by atoms with Crippen molar-refractivity contribution in [2.24, 2.45) is 17.4 Å². The molecule has 13 heteroatoms. The van der Waals surface area contributed by atoms with E-state index in [1.54, 1.807) is 0 Å². The van der Waals surface area contributed by atoms with Gasteiger partial charge >= 0.3 is 5.97 Å². The molecule has 1 rings (SSSR count). The highest BCUT2D eigenvalue weighted by atomic mass is 16.4. The van der Waals surface area contributed by atoms with E-state index in [2.05, 4.69) is 25.9 Å². The Hall–Kier alpha value is -3.48. The number of primary amides is 1. The topological polar surface area (TPSA) is 222 Å². The van der Waals surface area contributed by atoms with Gasteiger partial charge in [0.25, 0.3) is 0 Å². The Labute approximate surface area is 178 Å². The Morgan fingerprint density at radius 1 is 1.16 bits per heavy atom. The number of carbonyl (C=O) groups excluding carboxylic acids is 4. The van der Waals surface area contributed by atoms with Crippen molar-refractivity contribution in [1.29, 1.82) is 0 Å². The number of nitrogens with two attached hydrogens (primary N) is 2. The second-order valence-electron chi connectivity index (χ2n) is 7.10. The highest BCUT2D eigenvalue weighted by Gasteiger charge is 2.27. The molecule has 0 aromatic carbocycles. The third kappa shape index (κ3) is 8.82. The molecule has 9 N–H and O–H groups in total. The second kappa shape index (κ2) is 12.3. The van der Waals surface area contributed by atoms with Crippen LogP contribution in [0.25, 0.3) is 0 Å². The Balaban J connectivity index is 2.76. The van der Waals surface area contributed by atoms with Crippen LogP contribution in [0.5, 0.6) is 0 Å². The molecule has 1 heterocycles. The molecule has 0 radical (unpaired) electrons. The highest BCUT2D eigenvalue weighted by molar-refractivity contribution is 5.93. The first-order chi connectivity index (χ1) is 14.5. The van der Waals surface area contributed by atoms with Gasteiger partial charge in [0.05, 0.1) is 25.3 Å². The summed E-state index contributed by atoms with van der Waals surface area (Å²) in [4.78, 5) is 65.7. The fourth-order valence-electron chi connectivity index (χ4n) is 2.54. The number of H-pyrrole nitrogens is 1. The van der Waals surface area contributed by atoms with Gasteiger partial charge in [0.2, 0.25) is 23.6 Å².